The third-order valence-electron chi connectivity index (χ3n) is 11.2. The summed E-state index contributed by atoms with van der Waals surface area (Å²) in [5, 5.41) is 0. The molecule has 0 aliphatic heterocycles. The van der Waals surface area contributed by atoms with Crippen LogP contribution in [0.1, 0.15) is 0 Å². The lowest BCUT2D eigenvalue weighted by Crippen LogP contribution is -2.26. The lowest BCUT2D eigenvalue weighted by molar-refractivity contribution is -0.671. The molecule has 0 spiro atoms. The maximum Gasteiger partial charge on any atom is 0.176 e. The Morgan fingerprint density at radius 3 is 0.820 bits per heavy atom. The van der Waals surface area contributed by atoms with Crippen molar-refractivity contribution >= 4 is 67.8 Å². The molecule has 6 heteroatoms. The van der Waals surface area contributed by atoms with E-state index in [2.05, 4.69) is 286 Å². The fourth-order valence-electron chi connectivity index (χ4n) is 8.27. The van der Waals surface area contributed by atoms with Gasteiger partial charge in [0, 0.05) is 34.0 Å². The van der Waals surface area contributed by atoms with Gasteiger partial charge in [-0.25, -0.2) is 9.13 Å². The van der Waals surface area contributed by atoms with Gasteiger partial charge in [0.1, 0.15) is 19.8 Å². The number of hydrogen-bond acceptors (Lipinski definition) is 1. The molecule has 0 bridgehead atoms. The molecule has 0 aliphatic carbocycles. The molecule has 3 nitrogen and oxygen atoms in total. The molecule has 0 saturated carbocycles. The van der Waals surface area contributed by atoms with Crippen molar-refractivity contribution in [2.45, 2.75) is 0 Å². The Hall–Kier alpha value is -5.17. The molecule has 0 radical (unpaired) electrons. The van der Waals surface area contributed by atoms with Crippen molar-refractivity contribution in [2.24, 2.45) is 14.1 Å². The number of aromatic nitrogens is 2. The fraction of sp³-hybridized carbons (Fsp3) is 0.0545. The van der Waals surface area contributed by atoms with Gasteiger partial charge in [-0.05, 0) is 206 Å². The highest BCUT2D eigenvalue weighted by molar-refractivity contribution is 14.1. The van der Waals surface area contributed by atoms with E-state index in [4.69, 9.17) is 4.74 Å². The van der Waals surface area contributed by atoms with Crippen molar-refractivity contribution in [1.82, 2.24) is 0 Å². The minimum atomic E-state index is 0.820. The summed E-state index contributed by atoms with van der Waals surface area (Å²) in [4.78, 5) is 0. The molecule has 0 fully saturated rings. The largest absolute Gasteiger partial charge is 0.497 e. The van der Waals surface area contributed by atoms with Crippen molar-refractivity contribution in [1.29, 1.82) is 0 Å². The van der Waals surface area contributed by atoms with Crippen LogP contribution in [0.3, 0.4) is 0 Å². The van der Waals surface area contributed by atoms with E-state index in [1.807, 2.05) is 0 Å². The summed E-state index contributed by atoms with van der Waals surface area (Å²) in [7, 11) is 5.87. The molecule has 0 N–H and O–H groups in total. The summed E-state index contributed by atoms with van der Waals surface area (Å²) >= 11 is 7.25. The van der Waals surface area contributed by atoms with Gasteiger partial charge in [0.2, 0.25) is 0 Å². The predicted octanol–water partition coefficient (Wildman–Crippen LogP) is 14.5. The van der Waals surface area contributed by atoms with Crippen molar-refractivity contribution < 1.29 is 13.9 Å². The first-order valence-electron chi connectivity index (χ1n) is 20.0. The van der Waals surface area contributed by atoms with Crippen LogP contribution < -0.4 is 13.9 Å². The average molecular weight is 1130 g/mol. The van der Waals surface area contributed by atoms with Crippen molar-refractivity contribution in [3.05, 3.63) is 205 Å². The average Bonchev–Trinajstić information content (AvgIpc) is 3.29. The molecule has 2 aromatic heterocycles. The standard InChI is InChI=1S/C55H41I3N2O/c1-59-32-4-6-44(34-59)36-8-12-38(13-9-36)50-52(40-16-24-46(56)25-17-40)51(39-14-10-37(11-15-39)45-7-5-33-60(2)35-45)54(42-20-28-48(58)29-21-42)55(43-22-30-49(61-3)31-23-43)53(50)41-18-26-47(57)27-19-41/h4-35H,1-3H3/q+2. The topological polar surface area (TPSA) is 17.0 Å². The maximum absolute atomic E-state index is 5.74. The van der Waals surface area contributed by atoms with E-state index in [1.54, 1.807) is 7.11 Å². The van der Waals surface area contributed by atoms with Crippen LogP contribution in [0, 0.1) is 10.7 Å². The number of aryl methyl sites for hydroxylation is 2. The number of benzene rings is 7. The van der Waals surface area contributed by atoms with Crippen LogP contribution in [-0.4, -0.2) is 7.11 Å². The van der Waals surface area contributed by atoms with Gasteiger partial charge >= 0.3 is 0 Å². The van der Waals surface area contributed by atoms with Crippen molar-refractivity contribution in [3.63, 3.8) is 0 Å². The Labute approximate surface area is 399 Å². The van der Waals surface area contributed by atoms with Crippen LogP contribution in [0.2, 0.25) is 0 Å². The molecule has 0 amide bonds. The van der Waals surface area contributed by atoms with Crippen molar-refractivity contribution in [3.8, 4) is 94.8 Å². The van der Waals surface area contributed by atoms with Crippen LogP contribution in [0.4, 0.5) is 0 Å². The zero-order valence-corrected chi connectivity index (χ0v) is 40.4. The van der Waals surface area contributed by atoms with Crippen LogP contribution in [0.25, 0.3) is 89.0 Å². The zero-order chi connectivity index (χ0) is 42.0. The second-order valence-electron chi connectivity index (χ2n) is 15.2. The number of pyridine rings is 2. The zero-order valence-electron chi connectivity index (χ0n) is 33.9. The first-order chi connectivity index (χ1) is 29.7. The maximum atomic E-state index is 5.74. The minimum absolute atomic E-state index is 0.820. The Bertz CT molecular complexity index is 2840. The Morgan fingerprint density at radius 1 is 0.311 bits per heavy atom. The third-order valence-corrected chi connectivity index (χ3v) is 13.3. The first kappa shape index (κ1) is 41.2. The van der Waals surface area contributed by atoms with Crippen molar-refractivity contribution in [2.75, 3.05) is 7.11 Å². The van der Waals surface area contributed by atoms with E-state index in [1.165, 1.54) is 66.3 Å². The Balaban J connectivity index is 1.48. The smallest absolute Gasteiger partial charge is 0.176 e. The number of hydrogen-bond donors (Lipinski definition) is 0. The van der Waals surface area contributed by atoms with E-state index in [0.717, 1.165) is 39.1 Å². The SMILES string of the molecule is COc1ccc(-c2c(-c3ccc(I)cc3)c(-c3ccc(-c4ccc[n+](C)c4)cc3)c(-c3ccc(I)cc3)c(-c3ccc(-c4ccc[n+](C)c4)cc3)c2-c2ccc(I)cc2)cc1. The Kier molecular flexibility index (Phi) is 12.2. The molecule has 0 aliphatic rings. The quantitative estimate of drug-likeness (QED) is 0.104. The lowest BCUT2D eigenvalue weighted by Gasteiger charge is -2.29. The molecular weight excluding hydrogens is 1090 g/mol. The molecule has 0 saturated heterocycles. The van der Waals surface area contributed by atoms with Gasteiger partial charge in [-0.2, -0.15) is 0 Å². The molecule has 0 atom stereocenters. The summed E-state index contributed by atoms with van der Waals surface area (Å²) < 4.78 is 13.5. The highest BCUT2D eigenvalue weighted by atomic mass is 127. The highest BCUT2D eigenvalue weighted by Crippen LogP contribution is 2.56. The molecule has 9 aromatic rings. The van der Waals surface area contributed by atoms with Crippen LogP contribution in [0.15, 0.2) is 195 Å². The summed E-state index contributed by atoms with van der Waals surface area (Å²) in [6.45, 7) is 0. The summed E-state index contributed by atoms with van der Waals surface area (Å²) in [5.74, 6) is 0.820. The molecule has 2 heterocycles. The van der Waals surface area contributed by atoms with Gasteiger partial charge in [0.15, 0.2) is 24.8 Å². The highest BCUT2D eigenvalue weighted by Gasteiger charge is 2.29. The second-order valence-corrected chi connectivity index (χ2v) is 18.9. The second kappa shape index (κ2) is 18.0. The van der Waals surface area contributed by atoms with E-state index in [0.29, 0.717) is 0 Å². The van der Waals surface area contributed by atoms with Gasteiger partial charge in [-0.1, -0.05) is 97.1 Å². The minimum Gasteiger partial charge on any atom is -0.497 e. The third kappa shape index (κ3) is 8.67. The lowest BCUT2D eigenvalue weighted by atomic mass is 9.74. The molecular formula is C55H41I3N2O+2. The number of ether oxygens (including phenoxy) is 1. The molecule has 61 heavy (non-hydrogen) atoms. The van der Waals surface area contributed by atoms with Crippen LogP contribution in [0.5, 0.6) is 5.75 Å². The molecule has 9 rings (SSSR count). The molecule has 0 unspecified atom stereocenters. The predicted molar refractivity (Wildman–Crippen MR) is 277 cm³/mol. The summed E-state index contributed by atoms with van der Waals surface area (Å²) in [6.07, 6.45) is 8.50. The van der Waals surface area contributed by atoms with Crippen LogP contribution >= 0.6 is 67.8 Å². The van der Waals surface area contributed by atoms with Gasteiger partial charge in [-0.3, -0.25) is 0 Å². The summed E-state index contributed by atoms with van der Waals surface area (Å²) in [5.41, 5.74) is 18.6. The summed E-state index contributed by atoms with van der Waals surface area (Å²) in [6, 6.07) is 62.6. The van der Waals surface area contributed by atoms with Crippen LogP contribution in [-0.2, 0) is 14.1 Å². The number of methoxy groups -OCH3 is 1. The van der Waals surface area contributed by atoms with Gasteiger partial charge in [-0.15, -0.1) is 0 Å². The number of halogens is 3. The number of nitrogens with zero attached hydrogens (tertiary/aromatic N) is 2. The molecule has 7 aromatic carbocycles. The van der Waals surface area contributed by atoms with E-state index < -0.39 is 0 Å². The van der Waals surface area contributed by atoms with E-state index >= 15 is 0 Å². The molecule has 296 valence electrons. The van der Waals surface area contributed by atoms with Gasteiger partial charge in [0.05, 0.1) is 7.11 Å². The Morgan fingerprint density at radius 2 is 0.557 bits per heavy atom. The monoisotopic (exact) mass is 1130 g/mol. The van der Waals surface area contributed by atoms with E-state index in [-0.39, 0.29) is 0 Å². The fourth-order valence-corrected chi connectivity index (χ4v) is 9.34. The van der Waals surface area contributed by atoms with Gasteiger partial charge in [0.25, 0.3) is 0 Å². The van der Waals surface area contributed by atoms with E-state index in [9.17, 15) is 0 Å². The normalized spacial score (nSPS) is 11.1. The van der Waals surface area contributed by atoms with Gasteiger partial charge < -0.3 is 4.74 Å². The number of rotatable bonds is 9. The first-order valence-corrected chi connectivity index (χ1v) is 23.3.